The lowest BCUT2D eigenvalue weighted by Gasteiger charge is -2.03. The molecule has 0 amide bonds. The Bertz CT molecular complexity index is 658. The number of esters is 1. The van der Waals surface area contributed by atoms with E-state index in [1.165, 1.54) is 17.1 Å². The van der Waals surface area contributed by atoms with E-state index in [1.54, 1.807) is 25.1 Å². The Morgan fingerprint density at radius 2 is 2.37 bits per heavy atom. The summed E-state index contributed by atoms with van der Waals surface area (Å²) in [5.41, 5.74) is 1.27. The zero-order valence-corrected chi connectivity index (χ0v) is 10.9. The van der Waals surface area contributed by atoms with Crippen molar-refractivity contribution < 1.29 is 9.53 Å². The number of hydrogen-bond acceptors (Lipinski definition) is 4. The first kappa shape index (κ1) is 13.1. The van der Waals surface area contributed by atoms with E-state index in [9.17, 15) is 4.79 Å². The maximum absolute atomic E-state index is 11.5. The standard InChI is InChI=1S/C13H10ClN3O2/c1-2-19-13(18)10-7-16-17(8-10)12-4-3-11(14)5-9(12)6-15/h3-5,7-8H,2H2,1H3. The fraction of sp³-hybridized carbons (Fsp3) is 0.154. The Morgan fingerprint density at radius 3 is 3.05 bits per heavy atom. The van der Waals surface area contributed by atoms with Gasteiger partial charge < -0.3 is 4.74 Å². The molecule has 96 valence electrons. The minimum Gasteiger partial charge on any atom is -0.462 e. The van der Waals surface area contributed by atoms with Gasteiger partial charge in [-0.15, -0.1) is 0 Å². The van der Waals surface area contributed by atoms with E-state index in [0.29, 0.717) is 28.4 Å². The Labute approximate surface area is 115 Å². The van der Waals surface area contributed by atoms with Crippen LogP contribution in [0.5, 0.6) is 0 Å². The van der Waals surface area contributed by atoms with Crippen molar-refractivity contribution in [3.05, 3.63) is 46.7 Å². The third-order valence-corrected chi connectivity index (χ3v) is 2.65. The summed E-state index contributed by atoms with van der Waals surface area (Å²) in [7, 11) is 0. The van der Waals surface area contributed by atoms with Gasteiger partial charge >= 0.3 is 5.97 Å². The maximum Gasteiger partial charge on any atom is 0.341 e. The van der Waals surface area contributed by atoms with Crippen molar-refractivity contribution in [1.29, 1.82) is 5.26 Å². The van der Waals surface area contributed by atoms with Crippen LogP contribution < -0.4 is 0 Å². The molecule has 0 aliphatic carbocycles. The molecule has 0 radical (unpaired) electrons. The highest BCUT2D eigenvalue weighted by atomic mass is 35.5. The van der Waals surface area contributed by atoms with E-state index in [4.69, 9.17) is 21.6 Å². The fourth-order valence-corrected chi connectivity index (χ4v) is 1.74. The van der Waals surface area contributed by atoms with E-state index < -0.39 is 5.97 Å². The zero-order chi connectivity index (χ0) is 13.8. The largest absolute Gasteiger partial charge is 0.462 e. The van der Waals surface area contributed by atoms with Gasteiger partial charge in [0.2, 0.25) is 0 Å². The molecule has 0 bridgehead atoms. The van der Waals surface area contributed by atoms with Crippen LogP contribution in [0.15, 0.2) is 30.6 Å². The van der Waals surface area contributed by atoms with Gasteiger partial charge in [0, 0.05) is 11.2 Å². The number of benzene rings is 1. The highest BCUT2D eigenvalue weighted by Gasteiger charge is 2.12. The topological polar surface area (TPSA) is 67.9 Å². The number of nitrogens with zero attached hydrogens (tertiary/aromatic N) is 3. The average molecular weight is 276 g/mol. The Hall–Kier alpha value is -2.32. The van der Waals surface area contributed by atoms with Crippen molar-refractivity contribution >= 4 is 17.6 Å². The van der Waals surface area contributed by atoms with Gasteiger partial charge in [-0.3, -0.25) is 0 Å². The predicted octanol–water partition coefficient (Wildman–Crippen LogP) is 2.57. The van der Waals surface area contributed by atoms with Gasteiger partial charge in [-0.2, -0.15) is 10.4 Å². The van der Waals surface area contributed by atoms with Gasteiger partial charge in [0.05, 0.1) is 29.6 Å². The molecule has 1 aromatic carbocycles. The zero-order valence-electron chi connectivity index (χ0n) is 10.1. The van der Waals surface area contributed by atoms with Crippen LogP contribution in [0.25, 0.3) is 5.69 Å². The summed E-state index contributed by atoms with van der Waals surface area (Å²) in [6, 6.07) is 6.91. The van der Waals surface area contributed by atoms with Gasteiger partial charge in [-0.05, 0) is 25.1 Å². The average Bonchev–Trinajstić information content (AvgIpc) is 2.88. The van der Waals surface area contributed by atoms with Crippen LogP contribution in [0.3, 0.4) is 0 Å². The molecule has 0 atom stereocenters. The second kappa shape index (κ2) is 5.55. The Balaban J connectivity index is 2.39. The monoisotopic (exact) mass is 275 g/mol. The SMILES string of the molecule is CCOC(=O)c1cnn(-c2ccc(Cl)cc2C#N)c1. The first-order valence-electron chi connectivity index (χ1n) is 5.57. The van der Waals surface area contributed by atoms with E-state index in [2.05, 4.69) is 5.10 Å². The van der Waals surface area contributed by atoms with Crippen LogP contribution in [0.4, 0.5) is 0 Å². The van der Waals surface area contributed by atoms with E-state index in [-0.39, 0.29) is 0 Å². The molecule has 1 heterocycles. The molecular weight excluding hydrogens is 266 g/mol. The number of aromatic nitrogens is 2. The number of nitriles is 1. The smallest absolute Gasteiger partial charge is 0.341 e. The van der Waals surface area contributed by atoms with Gasteiger partial charge in [0.15, 0.2) is 0 Å². The summed E-state index contributed by atoms with van der Waals surface area (Å²) in [5, 5.41) is 13.6. The van der Waals surface area contributed by atoms with Crippen LogP contribution in [0.2, 0.25) is 5.02 Å². The highest BCUT2D eigenvalue weighted by Crippen LogP contribution is 2.19. The molecule has 0 aliphatic rings. The number of rotatable bonds is 3. The summed E-state index contributed by atoms with van der Waals surface area (Å²) < 4.78 is 6.32. The van der Waals surface area contributed by atoms with Crippen molar-refractivity contribution in [2.45, 2.75) is 6.92 Å². The molecule has 2 rings (SSSR count). The molecule has 0 fully saturated rings. The summed E-state index contributed by atoms with van der Waals surface area (Å²) >= 11 is 5.83. The molecule has 0 N–H and O–H groups in total. The van der Waals surface area contributed by atoms with Crippen LogP contribution in [0.1, 0.15) is 22.8 Å². The van der Waals surface area contributed by atoms with Gasteiger partial charge in [-0.25, -0.2) is 9.48 Å². The summed E-state index contributed by atoms with van der Waals surface area (Å²) in [6.45, 7) is 2.03. The number of ether oxygens (including phenoxy) is 1. The minimum absolute atomic E-state index is 0.300. The lowest BCUT2D eigenvalue weighted by molar-refractivity contribution is 0.0526. The number of carbonyl (C=O) groups is 1. The number of carbonyl (C=O) groups excluding carboxylic acids is 1. The molecule has 0 saturated heterocycles. The van der Waals surface area contributed by atoms with Crippen molar-refractivity contribution in [3.8, 4) is 11.8 Å². The van der Waals surface area contributed by atoms with E-state index in [0.717, 1.165) is 0 Å². The fourth-order valence-electron chi connectivity index (χ4n) is 1.57. The van der Waals surface area contributed by atoms with E-state index >= 15 is 0 Å². The molecule has 5 nitrogen and oxygen atoms in total. The van der Waals surface area contributed by atoms with Crippen LogP contribution in [-0.4, -0.2) is 22.4 Å². The van der Waals surface area contributed by atoms with Crippen molar-refractivity contribution in [1.82, 2.24) is 9.78 Å². The first-order valence-corrected chi connectivity index (χ1v) is 5.95. The maximum atomic E-state index is 11.5. The second-order valence-electron chi connectivity index (χ2n) is 3.67. The Morgan fingerprint density at radius 1 is 1.58 bits per heavy atom. The molecular formula is C13H10ClN3O2. The highest BCUT2D eigenvalue weighted by molar-refractivity contribution is 6.30. The third-order valence-electron chi connectivity index (χ3n) is 2.42. The lowest BCUT2D eigenvalue weighted by Crippen LogP contribution is -2.03. The molecule has 6 heteroatoms. The molecule has 0 aliphatic heterocycles. The summed E-state index contributed by atoms with van der Waals surface area (Å²) in [6.07, 6.45) is 2.91. The van der Waals surface area contributed by atoms with Gasteiger partial charge in [0.1, 0.15) is 6.07 Å². The summed E-state index contributed by atoms with van der Waals surface area (Å²) in [4.78, 5) is 11.5. The summed E-state index contributed by atoms with van der Waals surface area (Å²) in [5.74, 6) is -0.443. The Kier molecular flexibility index (Phi) is 3.83. The van der Waals surface area contributed by atoms with Crippen molar-refractivity contribution in [2.75, 3.05) is 6.61 Å². The lowest BCUT2D eigenvalue weighted by atomic mass is 10.2. The number of hydrogen-bond donors (Lipinski definition) is 0. The number of halogens is 1. The minimum atomic E-state index is -0.443. The molecule has 0 spiro atoms. The van der Waals surface area contributed by atoms with Crippen molar-refractivity contribution in [2.24, 2.45) is 0 Å². The van der Waals surface area contributed by atoms with Gasteiger partial charge in [-0.1, -0.05) is 11.6 Å². The predicted molar refractivity (Wildman–Crippen MR) is 69.2 cm³/mol. The van der Waals surface area contributed by atoms with Crippen LogP contribution in [0, 0.1) is 11.3 Å². The van der Waals surface area contributed by atoms with Crippen LogP contribution >= 0.6 is 11.6 Å². The molecule has 2 aromatic rings. The second-order valence-corrected chi connectivity index (χ2v) is 4.10. The quantitative estimate of drug-likeness (QED) is 0.808. The molecule has 0 saturated carbocycles. The first-order chi connectivity index (χ1) is 9.15. The third kappa shape index (κ3) is 2.75. The molecule has 1 aromatic heterocycles. The van der Waals surface area contributed by atoms with E-state index in [1.807, 2.05) is 6.07 Å². The molecule has 19 heavy (non-hydrogen) atoms. The molecule has 0 unspecified atom stereocenters. The van der Waals surface area contributed by atoms with Crippen molar-refractivity contribution in [3.63, 3.8) is 0 Å². The normalized spacial score (nSPS) is 9.95. The van der Waals surface area contributed by atoms with Crippen LogP contribution in [-0.2, 0) is 4.74 Å². The van der Waals surface area contributed by atoms with Gasteiger partial charge in [0.25, 0.3) is 0 Å².